The third-order valence-corrected chi connectivity index (χ3v) is 2.57. The topological polar surface area (TPSA) is 22.0 Å². The molecule has 1 aromatic carbocycles. The molecule has 0 aliphatic heterocycles. The number of carbonyl (C=O) groups excluding carboxylic acids is 1. The van der Waals surface area contributed by atoms with Crippen LogP contribution in [0.25, 0.3) is 10.9 Å². The Bertz CT molecular complexity index is 536. The summed E-state index contributed by atoms with van der Waals surface area (Å²) in [6.07, 6.45) is -0.396. The molecule has 0 spiro atoms. The lowest BCUT2D eigenvalue weighted by atomic mass is 10.2. The van der Waals surface area contributed by atoms with E-state index in [1.807, 2.05) is 0 Å². The van der Waals surface area contributed by atoms with Crippen molar-refractivity contribution in [3.8, 4) is 0 Å². The molecule has 0 atom stereocenters. The highest BCUT2D eigenvalue weighted by Crippen LogP contribution is 2.24. The lowest BCUT2D eigenvalue weighted by molar-refractivity contribution is 0.112. The summed E-state index contributed by atoms with van der Waals surface area (Å²) in [4.78, 5) is 10.8. The highest BCUT2D eigenvalue weighted by Gasteiger charge is 2.11. The fraction of sp³-hybridized carbons (Fsp3) is 0.182. The Kier molecular flexibility index (Phi) is 2.92. The van der Waals surface area contributed by atoms with Crippen LogP contribution in [0.3, 0.4) is 0 Å². The molecule has 2 aromatic rings. The quantitative estimate of drug-likeness (QED) is 0.758. The van der Waals surface area contributed by atoms with Gasteiger partial charge in [0.25, 0.3) is 6.43 Å². The van der Waals surface area contributed by atoms with Gasteiger partial charge in [0.1, 0.15) is 0 Å². The standard InChI is InChI=1S/C11H8ClF2NO/c12-8-1-2-9-7(6-16)4-15(5-11(13)14)10(9)3-8/h1-4,6,11H,5H2. The summed E-state index contributed by atoms with van der Waals surface area (Å²) in [7, 11) is 0. The number of hydrogen-bond donors (Lipinski definition) is 0. The third kappa shape index (κ3) is 1.93. The van der Waals surface area contributed by atoms with Gasteiger partial charge >= 0.3 is 0 Å². The molecule has 0 radical (unpaired) electrons. The van der Waals surface area contributed by atoms with Crippen LogP contribution in [0.2, 0.25) is 5.02 Å². The van der Waals surface area contributed by atoms with Gasteiger partial charge in [-0.1, -0.05) is 17.7 Å². The fourth-order valence-electron chi connectivity index (χ4n) is 1.69. The summed E-state index contributed by atoms with van der Waals surface area (Å²) in [5, 5.41) is 1.10. The molecule has 0 unspecified atom stereocenters. The minimum atomic E-state index is -2.46. The van der Waals surface area contributed by atoms with Crippen LogP contribution in [0.1, 0.15) is 10.4 Å². The number of aromatic nitrogens is 1. The normalized spacial score (nSPS) is 11.2. The molecule has 84 valence electrons. The fourth-order valence-corrected chi connectivity index (χ4v) is 1.85. The van der Waals surface area contributed by atoms with Crippen molar-refractivity contribution < 1.29 is 13.6 Å². The molecule has 16 heavy (non-hydrogen) atoms. The Morgan fingerprint density at radius 3 is 2.81 bits per heavy atom. The van der Waals surface area contributed by atoms with E-state index in [1.54, 1.807) is 18.2 Å². The summed E-state index contributed by atoms with van der Waals surface area (Å²) in [5.74, 6) is 0. The molecule has 0 aliphatic rings. The van der Waals surface area contributed by atoms with Gasteiger partial charge in [-0.25, -0.2) is 8.78 Å². The zero-order valence-corrected chi connectivity index (χ0v) is 8.92. The zero-order valence-electron chi connectivity index (χ0n) is 8.16. The van der Waals surface area contributed by atoms with Crippen molar-refractivity contribution in [3.05, 3.63) is 35.0 Å². The summed E-state index contributed by atoms with van der Waals surface area (Å²) in [6, 6.07) is 4.86. The molecule has 0 saturated carbocycles. The summed E-state index contributed by atoms with van der Waals surface area (Å²) in [6.45, 7) is -0.440. The van der Waals surface area contributed by atoms with Crippen LogP contribution in [0.5, 0.6) is 0 Å². The van der Waals surface area contributed by atoms with Gasteiger partial charge in [-0.2, -0.15) is 0 Å². The van der Waals surface area contributed by atoms with Crippen LogP contribution in [-0.2, 0) is 6.54 Å². The molecule has 1 aromatic heterocycles. The predicted molar refractivity (Wildman–Crippen MR) is 58.3 cm³/mol. The number of aldehydes is 1. The van der Waals surface area contributed by atoms with Gasteiger partial charge in [0.05, 0.1) is 12.1 Å². The largest absolute Gasteiger partial charge is 0.341 e. The average molecular weight is 244 g/mol. The monoisotopic (exact) mass is 243 g/mol. The second-order valence-electron chi connectivity index (χ2n) is 3.41. The van der Waals surface area contributed by atoms with Gasteiger partial charge in [-0.15, -0.1) is 0 Å². The van der Waals surface area contributed by atoms with Crippen molar-refractivity contribution in [2.75, 3.05) is 0 Å². The Morgan fingerprint density at radius 1 is 1.44 bits per heavy atom. The van der Waals surface area contributed by atoms with E-state index in [-0.39, 0.29) is 0 Å². The number of fused-ring (bicyclic) bond motifs is 1. The SMILES string of the molecule is O=Cc1cn(CC(F)F)c2cc(Cl)ccc12. The van der Waals surface area contributed by atoms with E-state index in [9.17, 15) is 13.6 Å². The second kappa shape index (κ2) is 4.22. The van der Waals surface area contributed by atoms with E-state index < -0.39 is 13.0 Å². The predicted octanol–water partition coefficient (Wildman–Crippen LogP) is 3.37. The molecule has 0 fully saturated rings. The molecule has 0 bridgehead atoms. The summed E-state index contributed by atoms with van der Waals surface area (Å²) in [5.41, 5.74) is 0.946. The number of halogens is 3. The van der Waals surface area contributed by atoms with Crippen LogP contribution in [0, 0.1) is 0 Å². The maximum absolute atomic E-state index is 12.3. The van der Waals surface area contributed by atoms with Gasteiger partial charge in [-0.05, 0) is 12.1 Å². The lowest BCUT2D eigenvalue weighted by Crippen LogP contribution is -2.04. The molecular formula is C11H8ClF2NO. The molecule has 0 aliphatic carbocycles. The van der Waals surface area contributed by atoms with Gasteiger partial charge in [0, 0.05) is 22.2 Å². The Labute approximate surface area is 95.4 Å². The van der Waals surface area contributed by atoms with Crippen molar-refractivity contribution in [2.24, 2.45) is 0 Å². The minimum absolute atomic E-state index is 0.396. The first-order chi connectivity index (χ1) is 7.61. The number of benzene rings is 1. The number of alkyl halides is 2. The molecule has 5 heteroatoms. The molecular weight excluding hydrogens is 236 g/mol. The third-order valence-electron chi connectivity index (χ3n) is 2.34. The van der Waals surface area contributed by atoms with Crippen molar-refractivity contribution in [3.63, 3.8) is 0 Å². The Hall–Kier alpha value is -1.42. The number of rotatable bonds is 3. The molecule has 2 rings (SSSR count). The number of carbonyl (C=O) groups is 1. The lowest BCUT2D eigenvalue weighted by Gasteiger charge is -2.03. The van der Waals surface area contributed by atoms with Crippen LogP contribution < -0.4 is 0 Å². The van der Waals surface area contributed by atoms with Crippen molar-refractivity contribution in [1.29, 1.82) is 0 Å². The maximum Gasteiger partial charge on any atom is 0.256 e. The van der Waals surface area contributed by atoms with E-state index in [0.717, 1.165) is 0 Å². The number of nitrogens with zero attached hydrogens (tertiary/aromatic N) is 1. The van der Waals surface area contributed by atoms with Crippen molar-refractivity contribution >= 4 is 28.8 Å². The van der Waals surface area contributed by atoms with E-state index >= 15 is 0 Å². The van der Waals surface area contributed by atoms with Crippen LogP contribution >= 0.6 is 11.6 Å². The van der Waals surface area contributed by atoms with Gasteiger partial charge in [-0.3, -0.25) is 4.79 Å². The first-order valence-corrected chi connectivity index (χ1v) is 5.01. The van der Waals surface area contributed by atoms with Gasteiger partial charge in [0.15, 0.2) is 6.29 Å². The first-order valence-electron chi connectivity index (χ1n) is 4.63. The molecule has 0 saturated heterocycles. The zero-order chi connectivity index (χ0) is 11.7. The van der Waals surface area contributed by atoms with Crippen molar-refractivity contribution in [2.45, 2.75) is 13.0 Å². The average Bonchev–Trinajstić information content (AvgIpc) is 2.55. The molecule has 0 N–H and O–H groups in total. The van der Waals surface area contributed by atoms with Gasteiger partial charge < -0.3 is 4.57 Å². The van der Waals surface area contributed by atoms with E-state index in [4.69, 9.17) is 11.6 Å². The highest BCUT2D eigenvalue weighted by molar-refractivity contribution is 6.31. The first kappa shape index (κ1) is 11.1. The summed E-state index contributed by atoms with van der Waals surface area (Å²) < 4.78 is 26.0. The smallest absolute Gasteiger partial charge is 0.256 e. The Balaban J connectivity index is 2.64. The molecule has 1 heterocycles. The number of hydrogen-bond acceptors (Lipinski definition) is 1. The van der Waals surface area contributed by atoms with Crippen molar-refractivity contribution in [1.82, 2.24) is 4.57 Å². The van der Waals surface area contributed by atoms with Crippen LogP contribution in [-0.4, -0.2) is 17.3 Å². The molecule has 0 amide bonds. The van der Waals surface area contributed by atoms with E-state index in [2.05, 4.69) is 0 Å². The minimum Gasteiger partial charge on any atom is -0.341 e. The highest BCUT2D eigenvalue weighted by atomic mass is 35.5. The second-order valence-corrected chi connectivity index (χ2v) is 3.84. The maximum atomic E-state index is 12.3. The Morgan fingerprint density at radius 2 is 2.19 bits per heavy atom. The van der Waals surface area contributed by atoms with E-state index in [1.165, 1.54) is 10.8 Å². The molecule has 2 nitrogen and oxygen atoms in total. The van der Waals surface area contributed by atoms with E-state index in [0.29, 0.717) is 27.8 Å². The van der Waals surface area contributed by atoms with Gasteiger partial charge in [0.2, 0.25) is 0 Å². The van der Waals surface area contributed by atoms with Crippen LogP contribution in [0.4, 0.5) is 8.78 Å². The van der Waals surface area contributed by atoms with Crippen LogP contribution in [0.15, 0.2) is 24.4 Å². The summed E-state index contributed by atoms with van der Waals surface area (Å²) >= 11 is 5.79.